The van der Waals surface area contributed by atoms with Crippen LogP contribution in [-0.4, -0.2) is 56.7 Å². The van der Waals surface area contributed by atoms with Crippen LogP contribution in [0, 0.1) is 5.92 Å². The average molecular weight is 302 g/mol. The predicted molar refractivity (Wildman–Crippen MR) is 82.8 cm³/mol. The van der Waals surface area contributed by atoms with Crippen LogP contribution in [0.25, 0.3) is 5.65 Å². The summed E-state index contributed by atoms with van der Waals surface area (Å²) in [4.78, 5) is 2.27. The summed E-state index contributed by atoms with van der Waals surface area (Å²) in [6, 6.07) is 4.23. The van der Waals surface area contributed by atoms with Crippen LogP contribution < -0.4 is 10.2 Å². The fourth-order valence-corrected chi connectivity index (χ4v) is 3.44. The second-order valence-corrected chi connectivity index (χ2v) is 6.46. The van der Waals surface area contributed by atoms with Gasteiger partial charge in [0.1, 0.15) is 12.1 Å². The normalized spacial score (nSPS) is 26.3. The molecule has 2 aromatic rings. The highest BCUT2D eigenvalue weighted by Crippen LogP contribution is 2.23. The first kappa shape index (κ1) is 13.9. The maximum Gasteiger partial charge on any atom is 0.177 e. The molecule has 2 unspecified atom stereocenters. The highest BCUT2D eigenvalue weighted by atomic mass is 16.3. The Morgan fingerprint density at radius 3 is 2.95 bits per heavy atom. The summed E-state index contributed by atoms with van der Waals surface area (Å²) < 4.78 is 1.71. The van der Waals surface area contributed by atoms with E-state index in [9.17, 15) is 5.11 Å². The van der Waals surface area contributed by atoms with Gasteiger partial charge in [0.2, 0.25) is 0 Å². The van der Waals surface area contributed by atoms with Gasteiger partial charge >= 0.3 is 0 Å². The number of aromatic nitrogens is 4. The lowest BCUT2D eigenvalue weighted by atomic mass is 9.91. The number of rotatable bonds is 4. The number of hydrogen-bond donors (Lipinski definition) is 2. The second kappa shape index (κ2) is 5.81. The largest absolute Gasteiger partial charge is 0.392 e. The Morgan fingerprint density at radius 1 is 1.23 bits per heavy atom. The van der Waals surface area contributed by atoms with Crippen molar-refractivity contribution in [1.82, 2.24) is 25.1 Å². The number of aliphatic hydroxyl groups excluding tert-OH is 1. The smallest absolute Gasteiger partial charge is 0.177 e. The van der Waals surface area contributed by atoms with Crippen molar-refractivity contribution in [3.05, 3.63) is 18.5 Å². The molecule has 2 N–H and O–H groups in total. The van der Waals surface area contributed by atoms with Crippen molar-refractivity contribution < 1.29 is 5.11 Å². The second-order valence-electron chi connectivity index (χ2n) is 6.46. The standard InChI is InChI=1S/C15H22N6O/c22-13-4-2-1-3-12(13)16-7-11-8-20(9-11)15-6-5-14-18-17-10-21(14)19-15/h5-6,10-13,16,22H,1-4,7-9H2. The van der Waals surface area contributed by atoms with Gasteiger partial charge in [0.25, 0.3) is 0 Å². The summed E-state index contributed by atoms with van der Waals surface area (Å²) in [5.74, 6) is 1.61. The first-order valence-electron chi connectivity index (χ1n) is 8.13. The molecule has 118 valence electrons. The summed E-state index contributed by atoms with van der Waals surface area (Å²) in [6.07, 6.45) is 5.90. The van der Waals surface area contributed by atoms with E-state index >= 15 is 0 Å². The minimum absolute atomic E-state index is 0.164. The fraction of sp³-hybridized carbons (Fsp3) is 0.667. The quantitative estimate of drug-likeness (QED) is 0.854. The maximum absolute atomic E-state index is 9.99. The van der Waals surface area contributed by atoms with Gasteiger partial charge in [-0.1, -0.05) is 12.8 Å². The highest BCUT2D eigenvalue weighted by Gasteiger charge is 2.30. The van der Waals surface area contributed by atoms with Crippen molar-refractivity contribution in [3.63, 3.8) is 0 Å². The van der Waals surface area contributed by atoms with Crippen molar-refractivity contribution >= 4 is 11.5 Å². The number of aliphatic hydroxyl groups is 1. The number of anilines is 1. The molecular formula is C15H22N6O. The van der Waals surface area contributed by atoms with E-state index in [1.54, 1.807) is 10.8 Å². The Balaban J connectivity index is 1.28. The van der Waals surface area contributed by atoms with Crippen molar-refractivity contribution in [3.8, 4) is 0 Å². The zero-order chi connectivity index (χ0) is 14.9. The summed E-state index contributed by atoms with van der Waals surface area (Å²) >= 11 is 0. The zero-order valence-electron chi connectivity index (χ0n) is 12.6. The van der Waals surface area contributed by atoms with Crippen LogP contribution in [-0.2, 0) is 0 Å². The summed E-state index contributed by atoms with van der Waals surface area (Å²) in [5.41, 5.74) is 0.772. The molecule has 2 atom stereocenters. The molecule has 1 saturated heterocycles. The molecule has 0 radical (unpaired) electrons. The van der Waals surface area contributed by atoms with E-state index in [2.05, 4.69) is 25.5 Å². The van der Waals surface area contributed by atoms with E-state index in [4.69, 9.17) is 0 Å². The molecule has 3 heterocycles. The fourth-order valence-electron chi connectivity index (χ4n) is 3.44. The Kier molecular flexibility index (Phi) is 3.67. The maximum atomic E-state index is 9.99. The van der Waals surface area contributed by atoms with Crippen LogP contribution in [0.15, 0.2) is 18.5 Å². The van der Waals surface area contributed by atoms with Gasteiger partial charge < -0.3 is 15.3 Å². The predicted octanol–water partition coefficient (Wildman–Crippen LogP) is 0.454. The van der Waals surface area contributed by atoms with Crippen LogP contribution in [0.1, 0.15) is 25.7 Å². The lowest BCUT2D eigenvalue weighted by Gasteiger charge is -2.41. The summed E-state index contributed by atoms with van der Waals surface area (Å²) in [6.45, 7) is 3.00. The topological polar surface area (TPSA) is 78.6 Å². The van der Waals surface area contributed by atoms with Gasteiger partial charge in [0.15, 0.2) is 5.65 Å². The monoisotopic (exact) mass is 302 g/mol. The van der Waals surface area contributed by atoms with Gasteiger partial charge in [-0.25, -0.2) is 0 Å². The van der Waals surface area contributed by atoms with E-state index in [1.165, 1.54) is 6.42 Å². The molecule has 0 aromatic carbocycles. The van der Waals surface area contributed by atoms with E-state index in [1.807, 2.05) is 12.1 Å². The van der Waals surface area contributed by atoms with Crippen molar-refractivity contribution in [2.75, 3.05) is 24.5 Å². The Hall–Kier alpha value is -1.73. The van der Waals surface area contributed by atoms with Crippen molar-refractivity contribution in [2.24, 2.45) is 5.92 Å². The van der Waals surface area contributed by atoms with Crippen LogP contribution in [0.4, 0.5) is 5.82 Å². The highest BCUT2D eigenvalue weighted by molar-refractivity contribution is 5.46. The van der Waals surface area contributed by atoms with Gasteiger partial charge in [-0.05, 0) is 25.0 Å². The lowest BCUT2D eigenvalue weighted by molar-refractivity contribution is 0.0879. The first-order valence-corrected chi connectivity index (χ1v) is 8.13. The molecule has 2 fully saturated rings. The van der Waals surface area contributed by atoms with Gasteiger partial charge in [0.05, 0.1) is 6.10 Å². The van der Waals surface area contributed by atoms with E-state index < -0.39 is 0 Å². The van der Waals surface area contributed by atoms with Crippen LogP contribution >= 0.6 is 0 Å². The van der Waals surface area contributed by atoms with Crippen LogP contribution in [0.5, 0.6) is 0 Å². The number of nitrogens with one attached hydrogen (secondary N) is 1. The number of nitrogens with zero attached hydrogens (tertiary/aromatic N) is 5. The minimum atomic E-state index is -0.164. The third kappa shape index (κ3) is 2.66. The third-order valence-electron chi connectivity index (χ3n) is 4.83. The summed E-state index contributed by atoms with van der Waals surface area (Å²) in [7, 11) is 0. The zero-order valence-corrected chi connectivity index (χ0v) is 12.6. The number of fused-ring (bicyclic) bond motifs is 1. The SMILES string of the molecule is OC1CCCCC1NCC1CN(c2ccc3nncn3n2)C1. The molecule has 1 aliphatic carbocycles. The molecule has 7 heteroatoms. The van der Waals surface area contributed by atoms with Gasteiger partial charge in [-0.2, -0.15) is 4.52 Å². The molecule has 1 saturated carbocycles. The Bertz CT molecular complexity index is 638. The van der Waals surface area contributed by atoms with Gasteiger partial charge in [-0.15, -0.1) is 15.3 Å². The lowest BCUT2D eigenvalue weighted by Crippen LogP contribution is -2.54. The molecule has 0 spiro atoms. The molecule has 4 rings (SSSR count). The Morgan fingerprint density at radius 2 is 2.09 bits per heavy atom. The molecule has 22 heavy (non-hydrogen) atoms. The van der Waals surface area contributed by atoms with E-state index in [0.717, 1.165) is 50.4 Å². The molecule has 0 bridgehead atoms. The average Bonchev–Trinajstić information content (AvgIpc) is 2.95. The molecule has 2 aromatic heterocycles. The third-order valence-corrected chi connectivity index (χ3v) is 4.83. The molecular weight excluding hydrogens is 280 g/mol. The van der Waals surface area contributed by atoms with E-state index in [-0.39, 0.29) is 12.1 Å². The van der Waals surface area contributed by atoms with Gasteiger partial charge in [-0.3, -0.25) is 0 Å². The van der Waals surface area contributed by atoms with Crippen LogP contribution in [0.2, 0.25) is 0 Å². The number of hydrogen-bond acceptors (Lipinski definition) is 6. The minimum Gasteiger partial charge on any atom is -0.392 e. The van der Waals surface area contributed by atoms with Crippen LogP contribution in [0.3, 0.4) is 0 Å². The van der Waals surface area contributed by atoms with Crippen molar-refractivity contribution in [2.45, 2.75) is 37.8 Å². The van der Waals surface area contributed by atoms with Gasteiger partial charge in [0, 0.05) is 31.6 Å². The molecule has 1 aliphatic heterocycles. The molecule has 2 aliphatic rings. The van der Waals surface area contributed by atoms with E-state index in [0.29, 0.717) is 5.92 Å². The van der Waals surface area contributed by atoms with Crippen molar-refractivity contribution in [1.29, 1.82) is 0 Å². The molecule has 7 nitrogen and oxygen atoms in total. The Labute approximate surface area is 129 Å². The molecule has 0 amide bonds. The summed E-state index contributed by atoms with van der Waals surface area (Å²) in [5, 5.41) is 25.9. The first-order chi connectivity index (χ1) is 10.8.